The maximum atomic E-state index is 4.44. The van der Waals surface area contributed by atoms with Crippen molar-refractivity contribution in [1.29, 1.82) is 0 Å². The topological polar surface area (TPSA) is 29.9 Å². The molecule has 0 amide bonds. The molecule has 1 heterocycles. The molecule has 1 N–H and O–H groups in total. The predicted molar refractivity (Wildman–Crippen MR) is 81.6 cm³/mol. The van der Waals surface area contributed by atoms with Crippen LogP contribution in [0.1, 0.15) is 31.9 Å². The molecule has 2 aromatic rings. The summed E-state index contributed by atoms with van der Waals surface area (Å²) in [6.07, 6.45) is 0. The minimum absolute atomic E-state index is 0.160. The normalized spacial score (nSPS) is 11.7. The fourth-order valence-corrected chi connectivity index (χ4v) is 2.21. The van der Waals surface area contributed by atoms with Crippen LogP contribution in [0.15, 0.2) is 24.3 Å². The minimum atomic E-state index is 0.160. The van der Waals surface area contributed by atoms with Crippen LogP contribution in [-0.2, 0) is 12.5 Å². The van der Waals surface area contributed by atoms with Gasteiger partial charge in [-0.3, -0.25) is 4.68 Å². The minimum Gasteiger partial charge on any atom is -0.372 e. The van der Waals surface area contributed by atoms with Gasteiger partial charge in [0.15, 0.2) is 0 Å². The number of anilines is 1. The van der Waals surface area contributed by atoms with Gasteiger partial charge in [-0.1, -0.05) is 32.9 Å². The molecule has 0 aliphatic rings. The van der Waals surface area contributed by atoms with E-state index in [1.165, 1.54) is 16.7 Å². The highest BCUT2D eigenvalue weighted by molar-refractivity contribution is 5.68. The van der Waals surface area contributed by atoms with Crippen LogP contribution in [-0.4, -0.2) is 16.8 Å². The predicted octanol–water partition coefficient (Wildman–Crippen LogP) is 3.73. The van der Waals surface area contributed by atoms with Crippen LogP contribution in [0, 0.1) is 6.92 Å². The first-order chi connectivity index (χ1) is 8.82. The standard InChI is InChI=1S/C16H23N3/c1-11-7-8-12(16(2,3)4)9-13(11)14-10-15(17-5)18-19(14)6/h7-10H,1-6H3,(H,17,18). The van der Waals surface area contributed by atoms with E-state index in [4.69, 9.17) is 0 Å². The lowest BCUT2D eigenvalue weighted by molar-refractivity contribution is 0.590. The Balaban J connectivity index is 2.57. The molecule has 1 aromatic heterocycles. The van der Waals surface area contributed by atoms with Gasteiger partial charge >= 0.3 is 0 Å². The Morgan fingerprint density at radius 1 is 1.16 bits per heavy atom. The first kappa shape index (κ1) is 13.7. The fourth-order valence-electron chi connectivity index (χ4n) is 2.21. The van der Waals surface area contributed by atoms with Crippen LogP contribution in [0.4, 0.5) is 5.82 Å². The van der Waals surface area contributed by atoms with Crippen molar-refractivity contribution in [3.05, 3.63) is 35.4 Å². The number of nitrogens with zero attached hydrogens (tertiary/aromatic N) is 2. The van der Waals surface area contributed by atoms with Crippen molar-refractivity contribution in [3.8, 4) is 11.3 Å². The van der Waals surface area contributed by atoms with E-state index in [1.54, 1.807) is 0 Å². The van der Waals surface area contributed by atoms with Crippen LogP contribution < -0.4 is 5.32 Å². The molecule has 0 saturated heterocycles. The van der Waals surface area contributed by atoms with E-state index in [0.29, 0.717) is 0 Å². The van der Waals surface area contributed by atoms with Crippen molar-refractivity contribution in [2.45, 2.75) is 33.1 Å². The molecule has 0 aliphatic carbocycles. The lowest BCUT2D eigenvalue weighted by Crippen LogP contribution is -2.11. The maximum absolute atomic E-state index is 4.44. The van der Waals surface area contributed by atoms with E-state index < -0.39 is 0 Å². The van der Waals surface area contributed by atoms with Crippen molar-refractivity contribution in [1.82, 2.24) is 9.78 Å². The molecular formula is C16H23N3. The highest BCUT2D eigenvalue weighted by atomic mass is 15.3. The van der Waals surface area contributed by atoms with Crippen molar-refractivity contribution in [2.24, 2.45) is 7.05 Å². The molecular weight excluding hydrogens is 234 g/mol. The third-order valence-electron chi connectivity index (χ3n) is 3.52. The van der Waals surface area contributed by atoms with E-state index in [2.05, 4.69) is 62.4 Å². The molecule has 0 radical (unpaired) electrons. The maximum Gasteiger partial charge on any atom is 0.148 e. The van der Waals surface area contributed by atoms with E-state index in [1.807, 2.05) is 18.8 Å². The highest BCUT2D eigenvalue weighted by Gasteiger charge is 2.16. The average molecular weight is 257 g/mol. The van der Waals surface area contributed by atoms with Crippen LogP contribution in [0.2, 0.25) is 0 Å². The Morgan fingerprint density at radius 2 is 1.84 bits per heavy atom. The molecule has 0 bridgehead atoms. The summed E-state index contributed by atoms with van der Waals surface area (Å²) >= 11 is 0. The molecule has 2 rings (SSSR count). The largest absolute Gasteiger partial charge is 0.372 e. The Kier molecular flexibility index (Phi) is 3.40. The summed E-state index contributed by atoms with van der Waals surface area (Å²) in [5, 5.41) is 7.53. The van der Waals surface area contributed by atoms with Gasteiger partial charge in [-0.15, -0.1) is 0 Å². The molecule has 0 spiro atoms. The number of hydrogen-bond acceptors (Lipinski definition) is 2. The molecule has 0 atom stereocenters. The van der Waals surface area contributed by atoms with Crippen LogP contribution in [0.3, 0.4) is 0 Å². The van der Waals surface area contributed by atoms with Crippen molar-refractivity contribution < 1.29 is 0 Å². The SMILES string of the molecule is CNc1cc(-c2cc(C(C)(C)C)ccc2C)n(C)n1. The smallest absolute Gasteiger partial charge is 0.148 e. The second-order valence-electron chi connectivity index (χ2n) is 6.07. The van der Waals surface area contributed by atoms with Crippen LogP contribution in [0.5, 0.6) is 0 Å². The first-order valence-corrected chi connectivity index (χ1v) is 6.66. The van der Waals surface area contributed by atoms with Gasteiger partial charge in [0.05, 0.1) is 5.69 Å². The Bertz CT molecular complexity index is 589. The Hall–Kier alpha value is -1.77. The highest BCUT2D eigenvalue weighted by Crippen LogP contribution is 2.30. The van der Waals surface area contributed by atoms with Gasteiger partial charge in [0, 0.05) is 25.7 Å². The lowest BCUT2D eigenvalue weighted by atomic mass is 9.85. The van der Waals surface area contributed by atoms with Crippen molar-refractivity contribution in [3.63, 3.8) is 0 Å². The summed E-state index contributed by atoms with van der Waals surface area (Å²) < 4.78 is 1.93. The molecule has 0 unspecified atom stereocenters. The summed E-state index contributed by atoms with van der Waals surface area (Å²) in [6, 6.07) is 8.79. The van der Waals surface area contributed by atoms with Gasteiger partial charge in [0.1, 0.15) is 5.82 Å². The number of nitrogens with one attached hydrogen (secondary N) is 1. The molecule has 102 valence electrons. The first-order valence-electron chi connectivity index (χ1n) is 6.66. The van der Waals surface area contributed by atoms with E-state index in [0.717, 1.165) is 11.5 Å². The van der Waals surface area contributed by atoms with Gasteiger partial charge < -0.3 is 5.32 Å². The lowest BCUT2D eigenvalue weighted by Gasteiger charge is -2.20. The molecule has 3 nitrogen and oxygen atoms in total. The molecule has 0 fully saturated rings. The Morgan fingerprint density at radius 3 is 2.37 bits per heavy atom. The van der Waals surface area contributed by atoms with E-state index in [-0.39, 0.29) is 5.41 Å². The van der Waals surface area contributed by atoms with Crippen molar-refractivity contribution in [2.75, 3.05) is 12.4 Å². The number of hydrogen-bond donors (Lipinski definition) is 1. The zero-order valence-corrected chi connectivity index (χ0v) is 12.7. The molecule has 19 heavy (non-hydrogen) atoms. The number of aromatic nitrogens is 2. The molecule has 3 heteroatoms. The second-order valence-corrected chi connectivity index (χ2v) is 6.07. The summed E-state index contributed by atoms with van der Waals surface area (Å²) in [6.45, 7) is 8.87. The quantitative estimate of drug-likeness (QED) is 0.888. The summed E-state index contributed by atoms with van der Waals surface area (Å²) in [5.74, 6) is 0.901. The number of benzene rings is 1. The zero-order chi connectivity index (χ0) is 14.2. The average Bonchev–Trinajstić information content (AvgIpc) is 2.69. The summed E-state index contributed by atoms with van der Waals surface area (Å²) in [4.78, 5) is 0. The monoisotopic (exact) mass is 257 g/mol. The summed E-state index contributed by atoms with van der Waals surface area (Å²) in [5.41, 5.74) is 5.18. The molecule has 1 aromatic carbocycles. The van der Waals surface area contributed by atoms with Gasteiger partial charge in [-0.25, -0.2) is 0 Å². The number of rotatable bonds is 2. The molecule has 0 saturated carbocycles. The Labute approximate surface area is 115 Å². The second kappa shape index (κ2) is 4.72. The van der Waals surface area contributed by atoms with Crippen LogP contribution in [0.25, 0.3) is 11.3 Å². The van der Waals surface area contributed by atoms with Crippen molar-refractivity contribution >= 4 is 5.82 Å². The van der Waals surface area contributed by atoms with E-state index >= 15 is 0 Å². The third-order valence-corrected chi connectivity index (χ3v) is 3.52. The van der Waals surface area contributed by atoms with Crippen LogP contribution >= 0.6 is 0 Å². The van der Waals surface area contributed by atoms with E-state index in [9.17, 15) is 0 Å². The third kappa shape index (κ3) is 2.65. The van der Waals surface area contributed by atoms with Gasteiger partial charge in [0.25, 0.3) is 0 Å². The fraction of sp³-hybridized carbons (Fsp3) is 0.438. The summed E-state index contributed by atoms with van der Waals surface area (Å²) in [7, 11) is 3.88. The zero-order valence-electron chi connectivity index (χ0n) is 12.7. The van der Waals surface area contributed by atoms with Gasteiger partial charge in [0.2, 0.25) is 0 Å². The van der Waals surface area contributed by atoms with Gasteiger partial charge in [-0.2, -0.15) is 5.10 Å². The van der Waals surface area contributed by atoms with Gasteiger partial charge in [-0.05, 0) is 29.5 Å². The molecule has 0 aliphatic heterocycles. The number of aryl methyl sites for hydroxylation is 2.